The Kier molecular flexibility index (Phi) is 7.52. The second-order valence-electron chi connectivity index (χ2n) is 6.54. The van der Waals surface area contributed by atoms with Gasteiger partial charge in [0, 0.05) is 50.1 Å². The van der Waals surface area contributed by atoms with E-state index in [0.29, 0.717) is 44.5 Å². The molecular weight excluding hydrogens is 344 g/mol. The highest BCUT2D eigenvalue weighted by Crippen LogP contribution is 2.22. The van der Waals surface area contributed by atoms with Crippen molar-refractivity contribution in [2.75, 3.05) is 19.6 Å². The molecule has 0 bridgehead atoms. The van der Waals surface area contributed by atoms with Gasteiger partial charge in [-0.25, -0.2) is 0 Å². The summed E-state index contributed by atoms with van der Waals surface area (Å²) < 4.78 is 0. The first-order chi connectivity index (χ1) is 13.0. The standard InChI is InChI=1S/C20H28N4O3/c1-4-7-8-18(25)24-14-16(13-17(24)20(27)23(5-2)6-3)22-19(26)15-9-11-21-12-10-15/h4,9-12,16-17H,1,5-8,13-14H2,2-3H3,(H,22,26)/t16-,17+/m1/s1. The first-order valence-electron chi connectivity index (χ1n) is 9.41. The molecule has 1 aromatic heterocycles. The second-order valence-corrected chi connectivity index (χ2v) is 6.54. The molecule has 2 rings (SSSR count). The normalized spacial score (nSPS) is 18.8. The molecule has 1 aliphatic heterocycles. The van der Waals surface area contributed by atoms with Gasteiger partial charge in [0.05, 0.1) is 0 Å². The van der Waals surface area contributed by atoms with Crippen LogP contribution in [0.1, 0.15) is 43.5 Å². The summed E-state index contributed by atoms with van der Waals surface area (Å²) >= 11 is 0. The van der Waals surface area contributed by atoms with Gasteiger partial charge in [0.25, 0.3) is 5.91 Å². The molecule has 0 aliphatic carbocycles. The third-order valence-electron chi connectivity index (χ3n) is 4.82. The summed E-state index contributed by atoms with van der Waals surface area (Å²) in [6, 6.07) is 2.47. The summed E-state index contributed by atoms with van der Waals surface area (Å²) in [6.45, 7) is 9.01. The van der Waals surface area contributed by atoms with Crippen LogP contribution in [-0.2, 0) is 9.59 Å². The zero-order valence-electron chi connectivity index (χ0n) is 16.1. The number of pyridine rings is 1. The van der Waals surface area contributed by atoms with E-state index in [4.69, 9.17) is 0 Å². The van der Waals surface area contributed by atoms with Crippen molar-refractivity contribution in [1.82, 2.24) is 20.1 Å². The molecule has 1 aliphatic rings. The number of carbonyl (C=O) groups excluding carboxylic acids is 3. The molecule has 1 fully saturated rings. The first kappa shape index (κ1) is 20.6. The SMILES string of the molecule is C=CCCC(=O)N1C[C@H](NC(=O)c2ccncc2)C[C@H]1C(=O)N(CC)CC. The number of hydrogen-bond acceptors (Lipinski definition) is 4. The molecule has 7 nitrogen and oxygen atoms in total. The number of likely N-dealkylation sites (N-methyl/N-ethyl adjacent to an activating group) is 1. The van der Waals surface area contributed by atoms with Crippen molar-refractivity contribution >= 4 is 17.7 Å². The number of likely N-dealkylation sites (tertiary alicyclic amines) is 1. The maximum Gasteiger partial charge on any atom is 0.251 e. The van der Waals surface area contributed by atoms with Gasteiger partial charge < -0.3 is 15.1 Å². The van der Waals surface area contributed by atoms with E-state index in [2.05, 4.69) is 16.9 Å². The maximum atomic E-state index is 12.9. The molecule has 7 heteroatoms. The van der Waals surface area contributed by atoms with Crippen LogP contribution in [0.15, 0.2) is 37.2 Å². The van der Waals surface area contributed by atoms with Crippen LogP contribution < -0.4 is 5.32 Å². The highest BCUT2D eigenvalue weighted by atomic mass is 16.2. The molecule has 3 amide bonds. The van der Waals surface area contributed by atoms with Gasteiger partial charge in [0.15, 0.2) is 0 Å². The van der Waals surface area contributed by atoms with Crippen LogP contribution in [0.2, 0.25) is 0 Å². The Bertz CT molecular complexity index is 673. The van der Waals surface area contributed by atoms with E-state index in [0.717, 1.165) is 0 Å². The number of nitrogens with zero attached hydrogens (tertiary/aromatic N) is 3. The molecule has 0 spiro atoms. The minimum Gasteiger partial charge on any atom is -0.347 e. The third kappa shape index (κ3) is 5.15. The summed E-state index contributed by atoms with van der Waals surface area (Å²) in [4.78, 5) is 45.2. The summed E-state index contributed by atoms with van der Waals surface area (Å²) in [7, 11) is 0. The minimum atomic E-state index is -0.537. The molecular formula is C20H28N4O3. The molecule has 1 saturated heterocycles. The summed E-state index contributed by atoms with van der Waals surface area (Å²) in [5.74, 6) is -0.370. The summed E-state index contributed by atoms with van der Waals surface area (Å²) in [6.07, 6.45) is 6.11. The van der Waals surface area contributed by atoms with Gasteiger partial charge in [0.1, 0.15) is 6.04 Å². The van der Waals surface area contributed by atoms with Gasteiger partial charge in [0.2, 0.25) is 11.8 Å². The van der Waals surface area contributed by atoms with Gasteiger partial charge in [-0.05, 0) is 38.8 Å². The fraction of sp³-hybridized carbons (Fsp3) is 0.500. The number of hydrogen-bond donors (Lipinski definition) is 1. The highest BCUT2D eigenvalue weighted by molar-refractivity contribution is 5.94. The highest BCUT2D eigenvalue weighted by Gasteiger charge is 2.41. The Balaban J connectivity index is 2.12. The van der Waals surface area contributed by atoms with Crippen LogP contribution in [0.4, 0.5) is 0 Å². The lowest BCUT2D eigenvalue weighted by molar-refractivity contribution is -0.143. The number of rotatable bonds is 8. The number of nitrogens with one attached hydrogen (secondary N) is 1. The van der Waals surface area contributed by atoms with Gasteiger partial charge in [-0.15, -0.1) is 6.58 Å². The predicted octanol–water partition coefficient (Wildman–Crippen LogP) is 1.62. The van der Waals surface area contributed by atoms with Crippen LogP contribution in [0.3, 0.4) is 0 Å². The topological polar surface area (TPSA) is 82.6 Å². The Morgan fingerprint density at radius 3 is 2.56 bits per heavy atom. The Morgan fingerprint density at radius 2 is 1.96 bits per heavy atom. The lowest BCUT2D eigenvalue weighted by Gasteiger charge is -2.28. The molecule has 0 radical (unpaired) electrons. The second kappa shape index (κ2) is 9.85. The van der Waals surface area contributed by atoms with Crippen LogP contribution in [0.5, 0.6) is 0 Å². The van der Waals surface area contributed by atoms with Crippen molar-refractivity contribution in [2.24, 2.45) is 0 Å². The zero-order chi connectivity index (χ0) is 19.8. The number of allylic oxidation sites excluding steroid dienone is 1. The fourth-order valence-corrected chi connectivity index (χ4v) is 3.34. The molecule has 0 unspecified atom stereocenters. The van der Waals surface area contributed by atoms with E-state index in [-0.39, 0.29) is 23.8 Å². The van der Waals surface area contributed by atoms with Crippen molar-refractivity contribution < 1.29 is 14.4 Å². The van der Waals surface area contributed by atoms with Crippen LogP contribution >= 0.6 is 0 Å². The molecule has 1 aromatic rings. The number of amides is 3. The van der Waals surface area contributed by atoms with E-state index >= 15 is 0 Å². The van der Waals surface area contributed by atoms with Crippen molar-refractivity contribution in [1.29, 1.82) is 0 Å². The average molecular weight is 372 g/mol. The van der Waals surface area contributed by atoms with Crippen molar-refractivity contribution in [3.05, 3.63) is 42.7 Å². The third-order valence-corrected chi connectivity index (χ3v) is 4.82. The molecule has 0 saturated carbocycles. The first-order valence-corrected chi connectivity index (χ1v) is 9.41. The smallest absolute Gasteiger partial charge is 0.251 e. The molecule has 2 heterocycles. The molecule has 1 N–H and O–H groups in total. The van der Waals surface area contributed by atoms with Crippen molar-refractivity contribution in [3.63, 3.8) is 0 Å². The van der Waals surface area contributed by atoms with Crippen molar-refractivity contribution in [3.8, 4) is 0 Å². The Hall–Kier alpha value is -2.70. The summed E-state index contributed by atoms with van der Waals surface area (Å²) in [5, 5.41) is 2.94. The van der Waals surface area contributed by atoms with Gasteiger partial charge in [-0.2, -0.15) is 0 Å². The van der Waals surface area contributed by atoms with Crippen LogP contribution in [0.25, 0.3) is 0 Å². The van der Waals surface area contributed by atoms with Crippen LogP contribution in [0, 0.1) is 0 Å². The van der Waals surface area contributed by atoms with Gasteiger partial charge in [-0.1, -0.05) is 6.08 Å². The monoisotopic (exact) mass is 372 g/mol. The quantitative estimate of drug-likeness (QED) is 0.703. The van der Waals surface area contributed by atoms with E-state index < -0.39 is 6.04 Å². The molecule has 27 heavy (non-hydrogen) atoms. The van der Waals surface area contributed by atoms with Crippen molar-refractivity contribution in [2.45, 2.75) is 45.2 Å². The minimum absolute atomic E-state index is 0.0624. The van der Waals surface area contributed by atoms with Gasteiger partial charge in [-0.3, -0.25) is 19.4 Å². The van der Waals surface area contributed by atoms with Crippen LogP contribution in [-0.4, -0.2) is 64.2 Å². The largest absolute Gasteiger partial charge is 0.347 e. The lowest BCUT2D eigenvalue weighted by atomic mass is 10.1. The molecule has 0 aromatic carbocycles. The lowest BCUT2D eigenvalue weighted by Crippen LogP contribution is -2.47. The van der Waals surface area contributed by atoms with E-state index in [9.17, 15) is 14.4 Å². The average Bonchev–Trinajstić information content (AvgIpc) is 3.11. The fourth-order valence-electron chi connectivity index (χ4n) is 3.34. The molecule has 146 valence electrons. The Morgan fingerprint density at radius 1 is 1.30 bits per heavy atom. The summed E-state index contributed by atoms with van der Waals surface area (Å²) in [5.41, 5.74) is 0.507. The van der Waals surface area contributed by atoms with E-state index in [1.807, 2.05) is 13.8 Å². The van der Waals surface area contributed by atoms with E-state index in [1.54, 1.807) is 40.4 Å². The number of carbonyl (C=O) groups is 3. The zero-order valence-corrected chi connectivity index (χ0v) is 16.1. The van der Waals surface area contributed by atoms with E-state index in [1.165, 1.54) is 0 Å². The van der Waals surface area contributed by atoms with Gasteiger partial charge >= 0.3 is 0 Å². The Labute approximate surface area is 160 Å². The number of aromatic nitrogens is 1. The predicted molar refractivity (Wildman–Crippen MR) is 103 cm³/mol. The molecule has 2 atom stereocenters. The maximum absolute atomic E-state index is 12.9.